The van der Waals surface area contributed by atoms with E-state index in [4.69, 9.17) is 4.42 Å². The highest BCUT2D eigenvalue weighted by Gasteiger charge is 1.99. The number of hydrogen-bond acceptors (Lipinski definition) is 3. The highest BCUT2D eigenvalue weighted by atomic mass is 16.4. The minimum Gasteiger partial charge on any atom is -0.417 e. The van der Waals surface area contributed by atoms with Gasteiger partial charge in [-0.2, -0.15) is 0 Å². The van der Waals surface area contributed by atoms with Crippen LogP contribution in [0.4, 0.5) is 0 Å². The number of aromatic nitrogens is 2. The fourth-order valence-electron chi connectivity index (χ4n) is 1.84. The average molecular weight is 274 g/mol. The fraction of sp³-hybridized carbons (Fsp3) is 0. The number of hydrogen-bond donors (Lipinski definition) is 0. The van der Waals surface area contributed by atoms with Gasteiger partial charge in [-0.1, -0.05) is 60.7 Å². The summed E-state index contributed by atoms with van der Waals surface area (Å²) in [5.41, 5.74) is 2.19. The van der Waals surface area contributed by atoms with Gasteiger partial charge < -0.3 is 4.42 Å². The van der Waals surface area contributed by atoms with Gasteiger partial charge in [-0.05, 0) is 23.3 Å². The Morgan fingerprint density at radius 1 is 0.571 bits per heavy atom. The number of rotatable bonds is 4. The summed E-state index contributed by atoms with van der Waals surface area (Å²) in [6, 6.07) is 20.0. The maximum Gasteiger partial charge on any atom is 0.240 e. The van der Waals surface area contributed by atoms with Gasteiger partial charge >= 0.3 is 0 Å². The molecule has 3 aromatic rings. The van der Waals surface area contributed by atoms with Gasteiger partial charge in [0.1, 0.15) is 0 Å². The lowest BCUT2D eigenvalue weighted by atomic mass is 10.2. The molecule has 0 spiro atoms. The third-order valence-corrected chi connectivity index (χ3v) is 2.89. The third-order valence-electron chi connectivity index (χ3n) is 2.89. The summed E-state index contributed by atoms with van der Waals surface area (Å²) in [6.07, 6.45) is 7.50. The Bertz CT molecular complexity index is 679. The van der Waals surface area contributed by atoms with Crippen molar-refractivity contribution in [2.45, 2.75) is 0 Å². The first-order valence-corrected chi connectivity index (χ1v) is 6.70. The molecule has 0 unspecified atom stereocenters. The van der Waals surface area contributed by atoms with Crippen molar-refractivity contribution < 1.29 is 4.42 Å². The minimum absolute atomic E-state index is 0.492. The highest BCUT2D eigenvalue weighted by molar-refractivity contribution is 5.67. The van der Waals surface area contributed by atoms with Gasteiger partial charge in [-0.15, -0.1) is 10.2 Å². The lowest BCUT2D eigenvalue weighted by Gasteiger charge is -1.89. The first-order chi connectivity index (χ1) is 10.4. The monoisotopic (exact) mass is 274 g/mol. The van der Waals surface area contributed by atoms with E-state index in [0.29, 0.717) is 11.8 Å². The van der Waals surface area contributed by atoms with E-state index in [9.17, 15) is 0 Å². The largest absolute Gasteiger partial charge is 0.417 e. The van der Waals surface area contributed by atoms with Crippen molar-refractivity contribution in [3.05, 3.63) is 83.6 Å². The summed E-state index contributed by atoms with van der Waals surface area (Å²) in [7, 11) is 0. The maximum absolute atomic E-state index is 5.53. The van der Waals surface area contributed by atoms with Gasteiger partial charge in [-0.3, -0.25) is 0 Å². The molecule has 0 atom stereocenters. The predicted molar refractivity (Wildman–Crippen MR) is 85.0 cm³/mol. The van der Waals surface area contributed by atoms with Gasteiger partial charge in [0, 0.05) is 12.2 Å². The van der Waals surface area contributed by atoms with Crippen LogP contribution < -0.4 is 0 Å². The standard InChI is InChI=1S/C18H14N2O/c1-3-7-15(8-4-1)11-13-17-19-20-18(21-17)14-12-16-9-5-2-6-10-16/h1-14H/b13-11+,14-12+. The zero-order chi connectivity index (χ0) is 14.3. The topological polar surface area (TPSA) is 38.9 Å². The Morgan fingerprint density at radius 2 is 1.00 bits per heavy atom. The molecule has 0 fully saturated rings. The van der Waals surface area contributed by atoms with E-state index in [-0.39, 0.29) is 0 Å². The van der Waals surface area contributed by atoms with E-state index in [2.05, 4.69) is 10.2 Å². The molecule has 3 heteroatoms. The van der Waals surface area contributed by atoms with Crippen LogP contribution in [-0.4, -0.2) is 10.2 Å². The Balaban J connectivity index is 1.69. The second kappa shape index (κ2) is 6.48. The summed E-state index contributed by atoms with van der Waals surface area (Å²) < 4.78 is 5.53. The quantitative estimate of drug-likeness (QED) is 0.707. The highest BCUT2D eigenvalue weighted by Crippen LogP contribution is 2.10. The van der Waals surface area contributed by atoms with Crippen LogP contribution in [0, 0.1) is 0 Å². The van der Waals surface area contributed by atoms with E-state index in [1.165, 1.54) is 0 Å². The van der Waals surface area contributed by atoms with E-state index < -0.39 is 0 Å². The van der Waals surface area contributed by atoms with E-state index in [0.717, 1.165) is 11.1 Å². The molecule has 0 bridgehead atoms. The average Bonchev–Trinajstić information content (AvgIpc) is 3.01. The van der Waals surface area contributed by atoms with Crippen LogP contribution in [0.5, 0.6) is 0 Å². The van der Waals surface area contributed by atoms with Gasteiger partial charge in [-0.25, -0.2) is 0 Å². The van der Waals surface area contributed by atoms with Gasteiger partial charge in [0.15, 0.2) is 0 Å². The molecule has 0 radical (unpaired) electrons. The molecule has 1 aromatic heterocycles. The smallest absolute Gasteiger partial charge is 0.240 e. The summed E-state index contributed by atoms with van der Waals surface area (Å²) in [5, 5.41) is 7.98. The zero-order valence-corrected chi connectivity index (χ0v) is 11.4. The molecule has 2 aromatic carbocycles. The molecule has 1 heterocycles. The molecular formula is C18H14N2O. The van der Waals surface area contributed by atoms with Crippen LogP contribution in [0.3, 0.4) is 0 Å². The number of benzene rings is 2. The van der Waals surface area contributed by atoms with Crippen LogP contribution in [0.1, 0.15) is 22.9 Å². The molecule has 21 heavy (non-hydrogen) atoms. The van der Waals surface area contributed by atoms with Gasteiger partial charge in [0.05, 0.1) is 0 Å². The van der Waals surface area contributed by atoms with E-state index >= 15 is 0 Å². The summed E-state index contributed by atoms with van der Waals surface area (Å²) in [5.74, 6) is 0.984. The molecule has 0 aliphatic carbocycles. The molecule has 0 saturated carbocycles. The van der Waals surface area contributed by atoms with Gasteiger partial charge in [0.2, 0.25) is 11.8 Å². The van der Waals surface area contributed by atoms with Crippen LogP contribution in [0.2, 0.25) is 0 Å². The molecule has 3 rings (SSSR count). The van der Waals surface area contributed by atoms with Crippen molar-refractivity contribution in [3.63, 3.8) is 0 Å². The number of nitrogens with zero attached hydrogens (tertiary/aromatic N) is 2. The normalized spacial score (nSPS) is 11.4. The van der Waals surface area contributed by atoms with Crippen molar-refractivity contribution in [2.24, 2.45) is 0 Å². The van der Waals surface area contributed by atoms with Crippen LogP contribution in [0.15, 0.2) is 65.1 Å². The molecule has 0 N–H and O–H groups in total. The Morgan fingerprint density at radius 3 is 1.43 bits per heavy atom. The molecule has 0 aliphatic rings. The van der Waals surface area contributed by atoms with E-state index in [1.54, 1.807) is 0 Å². The summed E-state index contributed by atoms with van der Waals surface area (Å²) >= 11 is 0. The third kappa shape index (κ3) is 3.76. The zero-order valence-electron chi connectivity index (χ0n) is 11.4. The molecule has 0 amide bonds. The Kier molecular flexibility index (Phi) is 4.03. The van der Waals surface area contributed by atoms with Crippen molar-refractivity contribution >= 4 is 24.3 Å². The lowest BCUT2D eigenvalue weighted by Crippen LogP contribution is -1.73. The van der Waals surface area contributed by atoms with E-state index in [1.807, 2.05) is 85.0 Å². The molecule has 0 aliphatic heterocycles. The Hall–Kier alpha value is -2.94. The fourth-order valence-corrected chi connectivity index (χ4v) is 1.84. The Labute approximate surface area is 123 Å². The second-order valence-corrected chi connectivity index (χ2v) is 4.47. The molecule has 3 nitrogen and oxygen atoms in total. The summed E-state index contributed by atoms with van der Waals surface area (Å²) in [6.45, 7) is 0. The van der Waals surface area contributed by atoms with Crippen LogP contribution in [-0.2, 0) is 0 Å². The lowest BCUT2D eigenvalue weighted by molar-refractivity contribution is 0.533. The summed E-state index contributed by atoms with van der Waals surface area (Å²) in [4.78, 5) is 0. The SMILES string of the molecule is C(=C\c1nnc(/C=C/c2ccccc2)o1)/c1ccccc1. The second-order valence-electron chi connectivity index (χ2n) is 4.47. The molecular weight excluding hydrogens is 260 g/mol. The van der Waals surface area contributed by atoms with Crippen molar-refractivity contribution in [2.75, 3.05) is 0 Å². The first-order valence-electron chi connectivity index (χ1n) is 6.70. The maximum atomic E-state index is 5.53. The van der Waals surface area contributed by atoms with Crippen LogP contribution in [0.25, 0.3) is 24.3 Å². The molecule has 0 saturated heterocycles. The minimum atomic E-state index is 0.492. The van der Waals surface area contributed by atoms with Crippen LogP contribution >= 0.6 is 0 Å². The van der Waals surface area contributed by atoms with Gasteiger partial charge in [0.25, 0.3) is 0 Å². The van der Waals surface area contributed by atoms with Crippen molar-refractivity contribution in [1.82, 2.24) is 10.2 Å². The predicted octanol–water partition coefficient (Wildman–Crippen LogP) is 4.41. The first kappa shape index (κ1) is 13.1. The van der Waals surface area contributed by atoms with Crippen molar-refractivity contribution in [3.8, 4) is 0 Å². The van der Waals surface area contributed by atoms with Crippen molar-refractivity contribution in [1.29, 1.82) is 0 Å². The molecule has 102 valence electrons.